The van der Waals surface area contributed by atoms with Crippen molar-refractivity contribution in [3.05, 3.63) is 35.4 Å². The normalized spacial score (nSPS) is 13.0. The summed E-state index contributed by atoms with van der Waals surface area (Å²) in [7, 11) is 1.53. The van der Waals surface area contributed by atoms with Gasteiger partial charge >= 0.3 is 6.18 Å². The second-order valence-electron chi connectivity index (χ2n) is 4.58. The summed E-state index contributed by atoms with van der Waals surface area (Å²) in [4.78, 5) is 11.7. The molecule has 0 aromatic heterocycles. The van der Waals surface area contributed by atoms with Crippen LogP contribution in [0.1, 0.15) is 18.1 Å². The maximum atomic E-state index is 12.6. The minimum absolute atomic E-state index is 0.183. The van der Waals surface area contributed by atoms with Crippen molar-refractivity contribution in [2.24, 2.45) is 0 Å². The van der Waals surface area contributed by atoms with Crippen LogP contribution in [0.5, 0.6) is 0 Å². The van der Waals surface area contributed by atoms with Gasteiger partial charge in [0.2, 0.25) is 5.91 Å². The fraction of sp³-hybridized carbons (Fsp3) is 0.500. The van der Waals surface area contributed by atoms with Gasteiger partial charge in [-0.2, -0.15) is 13.2 Å². The van der Waals surface area contributed by atoms with Crippen LogP contribution in [-0.4, -0.2) is 32.2 Å². The number of ether oxygens (including phenoxy) is 1. The highest BCUT2D eigenvalue weighted by Gasteiger charge is 2.30. The molecule has 7 heteroatoms. The predicted molar refractivity (Wildman–Crippen MR) is 72.6 cm³/mol. The number of rotatable bonds is 7. The van der Waals surface area contributed by atoms with Gasteiger partial charge in [-0.05, 0) is 18.6 Å². The van der Waals surface area contributed by atoms with Crippen molar-refractivity contribution in [3.63, 3.8) is 0 Å². The summed E-state index contributed by atoms with van der Waals surface area (Å²) < 4.78 is 42.5. The third-order valence-electron chi connectivity index (χ3n) is 2.87. The number of carbonyl (C=O) groups is 1. The first-order chi connectivity index (χ1) is 9.84. The number of hydrogen-bond donors (Lipinski definition) is 2. The Balaban J connectivity index is 2.49. The number of alkyl halides is 3. The van der Waals surface area contributed by atoms with Crippen molar-refractivity contribution in [1.29, 1.82) is 0 Å². The summed E-state index contributed by atoms with van der Waals surface area (Å²) in [6, 6.07) is 4.52. The Kier molecular flexibility index (Phi) is 6.64. The van der Waals surface area contributed by atoms with Crippen LogP contribution in [0, 0.1) is 0 Å². The van der Waals surface area contributed by atoms with E-state index in [1.54, 1.807) is 13.0 Å². The summed E-state index contributed by atoms with van der Waals surface area (Å²) in [5, 5.41) is 5.53. The van der Waals surface area contributed by atoms with Crippen molar-refractivity contribution >= 4 is 5.91 Å². The van der Waals surface area contributed by atoms with Crippen LogP contribution < -0.4 is 10.6 Å². The van der Waals surface area contributed by atoms with Crippen LogP contribution in [-0.2, 0) is 22.3 Å². The van der Waals surface area contributed by atoms with E-state index in [0.29, 0.717) is 18.7 Å². The van der Waals surface area contributed by atoms with E-state index >= 15 is 0 Å². The van der Waals surface area contributed by atoms with Gasteiger partial charge in [0.1, 0.15) is 0 Å². The molecule has 0 aliphatic heterocycles. The van der Waals surface area contributed by atoms with Gasteiger partial charge in [-0.15, -0.1) is 0 Å². The standard InChI is InChI=1S/C14H19F3N2O2/c1-10(13(20)18-6-7-21-2)19-9-11-4-3-5-12(8-11)14(15,16)17/h3-5,8,10,19H,6-7,9H2,1-2H3,(H,18,20). The van der Waals surface area contributed by atoms with E-state index in [1.807, 2.05) is 0 Å². The first-order valence-electron chi connectivity index (χ1n) is 6.50. The predicted octanol–water partition coefficient (Wildman–Crippen LogP) is 1.95. The van der Waals surface area contributed by atoms with Crippen LogP contribution in [0.25, 0.3) is 0 Å². The summed E-state index contributed by atoms with van der Waals surface area (Å²) >= 11 is 0. The van der Waals surface area contributed by atoms with Crippen molar-refractivity contribution < 1.29 is 22.7 Å². The molecule has 0 heterocycles. The average molecular weight is 304 g/mol. The van der Waals surface area contributed by atoms with E-state index < -0.39 is 17.8 Å². The largest absolute Gasteiger partial charge is 0.416 e. The molecule has 1 rings (SSSR count). The van der Waals surface area contributed by atoms with E-state index in [1.165, 1.54) is 13.2 Å². The van der Waals surface area contributed by atoms with Gasteiger partial charge in [0, 0.05) is 20.2 Å². The molecule has 0 bridgehead atoms. The molecular formula is C14H19F3N2O2. The summed E-state index contributed by atoms with van der Waals surface area (Å²) in [6.45, 7) is 2.63. The highest BCUT2D eigenvalue weighted by atomic mass is 19.4. The lowest BCUT2D eigenvalue weighted by Gasteiger charge is -2.15. The molecule has 118 valence electrons. The molecule has 0 saturated carbocycles. The van der Waals surface area contributed by atoms with Crippen molar-refractivity contribution in [1.82, 2.24) is 10.6 Å². The maximum Gasteiger partial charge on any atom is 0.416 e. The molecular weight excluding hydrogens is 285 g/mol. The third-order valence-corrected chi connectivity index (χ3v) is 2.87. The molecule has 1 atom stereocenters. The topological polar surface area (TPSA) is 50.4 Å². The first kappa shape index (κ1) is 17.5. The number of amides is 1. The summed E-state index contributed by atoms with van der Waals surface area (Å²) in [6.07, 6.45) is -4.36. The molecule has 21 heavy (non-hydrogen) atoms. The number of nitrogens with one attached hydrogen (secondary N) is 2. The smallest absolute Gasteiger partial charge is 0.383 e. The second kappa shape index (κ2) is 7.99. The van der Waals surface area contributed by atoms with Crippen LogP contribution in [0.15, 0.2) is 24.3 Å². The third kappa shape index (κ3) is 6.14. The van der Waals surface area contributed by atoms with E-state index in [4.69, 9.17) is 4.74 Å². The monoisotopic (exact) mass is 304 g/mol. The molecule has 0 spiro atoms. The zero-order chi connectivity index (χ0) is 15.9. The molecule has 0 fully saturated rings. The summed E-state index contributed by atoms with van der Waals surface area (Å²) in [5.74, 6) is -0.223. The molecule has 2 N–H and O–H groups in total. The molecule has 0 aliphatic carbocycles. The van der Waals surface area contributed by atoms with Crippen LogP contribution >= 0.6 is 0 Å². The van der Waals surface area contributed by atoms with Gasteiger partial charge in [-0.1, -0.05) is 18.2 Å². The van der Waals surface area contributed by atoms with Gasteiger partial charge in [0.05, 0.1) is 18.2 Å². The van der Waals surface area contributed by atoms with Crippen LogP contribution in [0.2, 0.25) is 0 Å². The Labute approximate surface area is 121 Å². The highest BCUT2D eigenvalue weighted by Crippen LogP contribution is 2.29. The highest BCUT2D eigenvalue weighted by molar-refractivity contribution is 5.81. The minimum Gasteiger partial charge on any atom is -0.383 e. The van der Waals surface area contributed by atoms with Crippen LogP contribution in [0.3, 0.4) is 0 Å². The van der Waals surface area contributed by atoms with Gasteiger partial charge in [-0.3, -0.25) is 4.79 Å². The van der Waals surface area contributed by atoms with Gasteiger partial charge in [0.15, 0.2) is 0 Å². The molecule has 0 aliphatic rings. The number of carbonyl (C=O) groups excluding carboxylic acids is 1. The fourth-order valence-corrected chi connectivity index (χ4v) is 1.65. The van der Waals surface area contributed by atoms with Crippen molar-refractivity contribution in [2.75, 3.05) is 20.3 Å². The quantitative estimate of drug-likeness (QED) is 0.757. The number of halogens is 3. The Hall–Kier alpha value is -1.60. The fourth-order valence-electron chi connectivity index (χ4n) is 1.65. The van der Waals surface area contributed by atoms with E-state index in [-0.39, 0.29) is 12.5 Å². The van der Waals surface area contributed by atoms with Crippen molar-refractivity contribution in [3.8, 4) is 0 Å². The molecule has 0 saturated heterocycles. The zero-order valence-corrected chi connectivity index (χ0v) is 12.0. The molecule has 4 nitrogen and oxygen atoms in total. The number of benzene rings is 1. The Morgan fingerprint density at radius 1 is 1.38 bits per heavy atom. The Bertz CT molecular complexity index is 464. The zero-order valence-electron chi connectivity index (χ0n) is 12.0. The Morgan fingerprint density at radius 2 is 2.10 bits per heavy atom. The van der Waals surface area contributed by atoms with Crippen LogP contribution in [0.4, 0.5) is 13.2 Å². The molecule has 1 unspecified atom stereocenters. The molecule has 0 radical (unpaired) electrons. The molecule has 1 aromatic carbocycles. The van der Waals surface area contributed by atoms with Gasteiger partial charge in [-0.25, -0.2) is 0 Å². The lowest BCUT2D eigenvalue weighted by Crippen LogP contribution is -2.42. The second-order valence-corrected chi connectivity index (χ2v) is 4.58. The number of hydrogen-bond acceptors (Lipinski definition) is 3. The maximum absolute atomic E-state index is 12.6. The lowest BCUT2D eigenvalue weighted by atomic mass is 10.1. The lowest BCUT2D eigenvalue weighted by molar-refractivity contribution is -0.137. The first-order valence-corrected chi connectivity index (χ1v) is 6.50. The van der Waals surface area contributed by atoms with E-state index in [0.717, 1.165) is 12.1 Å². The minimum atomic E-state index is -4.36. The van der Waals surface area contributed by atoms with Gasteiger partial charge < -0.3 is 15.4 Å². The number of methoxy groups -OCH3 is 1. The average Bonchev–Trinajstić information content (AvgIpc) is 2.44. The van der Waals surface area contributed by atoms with Crippen molar-refractivity contribution in [2.45, 2.75) is 25.7 Å². The van der Waals surface area contributed by atoms with E-state index in [2.05, 4.69) is 10.6 Å². The SMILES string of the molecule is COCCNC(=O)C(C)NCc1cccc(C(F)(F)F)c1. The Morgan fingerprint density at radius 3 is 2.71 bits per heavy atom. The molecule has 1 aromatic rings. The van der Waals surface area contributed by atoms with E-state index in [9.17, 15) is 18.0 Å². The summed E-state index contributed by atoms with van der Waals surface area (Å²) in [5.41, 5.74) is -0.222. The van der Waals surface area contributed by atoms with Gasteiger partial charge in [0.25, 0.3) is 0 Å². The molecule has 1 amide bonds.